The fourth-order valence-corrected chi connectivity index (χ4v) is 4.44. The quantitative estimate of drug-likeness (QED) is 0.853. The molecule has 2 atom stereocenters. The summed E-state index contributed by atoms with van der Waals surface area (Å²) in [6.45, 7) is 1.07. The molecule has 5 heteroatoms. The highest BCUT2D eigenvalue weighted by molar-refractivity contribution is 5.81. The van der Waals surface area contributed by atoms with Gasteiger partial charge in [-0.2, -0.15) is 5.10 Å². The summed E-state index contributed by atoms with van der Waals surface area (Å²) in [6.07, 6.45) is 8.59. The van der Waals surface area contributed by atoms with Crippen molar-refractivity contribution < 1.29 is 4.79 Å². The van der Waals surface area contributed by atoms with Gasteiger partial charge in [0.05, 0.1) is 11.7 Å². The molecule has 1 aliphatic carbocycles. The molecule has 5 nitrogen and oxygen atoms in total. The number of hydrogen-bond donors (Lipinski definition) is 0. The fourth-order valence-electron chi connectivity index (χ4n) is 4.44. The van der Waals surface area contributed by atoms with Crippen LogP contribution in [0.2, 0.25) is 0 Å². The molecular weight excluding hydrogens is 302 g/mol. The molecule has 1 amide bonds. The van der Waals surface area contributed by atoms with E-state index < -0.39 is 0 Å². The van der Waals surface area contributed by atoms with E-state index in [1.807, 2.05) is 18.2 Å². The van der Waals surface area contributed by atoms with Crippen LogP contribution in [0.25, 0.3) is 10.9 Å². The van der Waals surface area contributed by atoms with Gasteiger partial charge < -0.3 is 4.90 Å². The highest BCUT2D eigenvalue weighted by Crippen LogP contribution is 2.35. The van der Waals surface area contributed by atoms with E-state index in [4.69, 9.17) is 0 Å². The van der Waals surface area contributed by atoms with Crippen LogP contribution in [0.1, 0.15) is 38.5 Å². The molecule has 0 N–H and O–H groups in total. The standard InChI is InChI=1S/C19H23N3O2/c23-18-12-20-22(17-10-4-2-8-15(17)18)13-19(24)21-11-5-7-14-6-1-3-9-16(14)21/h2,4,8,10,12,14,16H,1,3,5-7,9,11,13H2/t14-,16+/m1/s1. The van der Waals surface area contributed by atoms with Gasteiger partial charge >= 0.3 is 0 Å². The molecule has 2 aromatic rings. The van der Waals surface area contributed by atoms with E-state index >= 15 is 0 Å². The molecular formula is C19H23N3O2. The number of carbonyl (C=O) groups excluding carboxylic acids is 1. The summed E-state index contributed by atoms with van der Waals surface area (Å²) >= 11 is 0. The maximum Gasteiger partial charge on any atom is 0.244 e. The lowest BCUT2D eigenvalue weighted by atomic mass is 9.78. The number of aromatic nitrogens is 2. The van der Waals surface area contributed by atoms with Crippen LogP contribution in [0, 0.1) is 5.92 Å². The average molecular weight is 325 g/mol. The Kier molecular flexibility index (Phi) is 4.08. The number of likely N-dealkylation sites (tertiary alicyclic amines) is 1. The van der Waals surface area contributed by atoms with E-state index in [2.05, 4.69) is 10.00 Å². The molecule has 1 aromatic heterocycles. The van der Waals surface area contributed by atoms with Crippen LogP contribution in [0.15, 0.2) is 35.3 Å². The number of nitrogens with zero attached hydrogens (tertiary/aromatic N) is 3. The first-order chi connectivity index (χ1) is 11.7. The summed E-state index contributed by atoms with van der Waals surface area (Å²) in [5.74, 6) is 0.808. The number of hydrogen-bond acceptors (Lipinski definition) is 3. The molecule has 1 aromatic carbocycles. The fraction of sp³-hybridized carbons (Fsp3) is 0.526. The van der Waals surface area contributed by atoms with Gasteiger partial charge in [0.15, 0.2) is 0 Å². The van der Waals surface area contributed by atoms with Crippen molar-refractivity contribution in [2.45, 2.75) is 51.1 Å². The maximum absolute atomic E-state index is 12.9. The number of piperidine rings is 1. The van der Waals surface area contributed by atoms with Gasteiger partial charge in [0.2, 0.25) is 11.3 Å². The summed E-state index contributed by atoms with van der Waals surface area (Å²) in [4.78, 5) is 27.0. The lowest BCUT2D eigenvalue weighted by Crippen LogP contribution is -2.50. The largest absolute Gasteiger partial charge is 0.338 e. The highest BCUT2D eigenvalue weighted by Gasteiger charge is 2.35. The van der Waals surface area contributed by atoms with Gasteiger partial charge in [0.1, 0.15) is 6.54 Å². The highest BCUT2D eigenvalue weighted by atomic mass is 16.2. The Labute approximate surface area is 141 Å². The molecule has 0 radical (unpaired) electrons. The van der Waals surface area contributed by atoms with Gasteiger partial charge in [0, 0.05) is 18.0 Å². The molecule has 126 valence electrons. The Morgan fingerprint density at radius 3 is 2.83 bits per heavy atom. The van der Waals surface area contributed by atoms with Crippen molar-refractivity contribution in [3.05, 3.63) is 40.7 Å². The Morgan fingerprint density at radius 2 is 1.92 bits per heavy atom. The summed E-state index contributed by atoms with van der Waals surface area (Å²) < 4.78 is 1.67. The number of para-hydroxylation sites is 1. The van der Waals surface area contributed by atoms with Crippen LogP contribution < -0.4 is 5.43 Å². The summed E-state index contributed by atoms with van der Waals surface area (Å²) in [6, 6.07) is 7.77. The third kappa shape index (κ3) is 2.72. The van der Waals surface area contributed by atoms with Crippen molar-refractivity contribution in [1.82, 2.24) is 14.7 Å². The van der Waals surface area contributed by atoms with Crippen molar-refractivity contribution in [3.8, 4) is 0 Å². The van der Waals surface area contributed by atoms with Crippen LogP contribution in [-0.2, 0) is 11.3 Å². The molecule has 1 aliphatic heterocycles. The van der Waals surface area contributed by atoms with Crippen LogP contribution in [0.5, 0.6) is 0 Å². The van der Waals surface area contributed by atoms with E-state index in [-0.39, 0.29) is 17.9 Å². The van der Waals surface area contributed by atoms with Gasteiger partial charge in [-0.25, -0.2) is 0 Å². The second-order valence-electron chi connectivity index (χ2n) is 7.02. The molecule has 4 rings (SSSR count). The molecule has 0 bridgehead atoms. The zero-order valence-corrected chi connectivity index (χ0v) is 13.9. The Bertz CT molecular complexity index is 812. The molecule has 2 aliphatic rings. The van der Waals surface area contributed by atoms with Crippen molar-refractivity contribution in [2.75, 3.05) is 6.54 Å². The van der Waals surface area contributed by atoms with Crippen LogP contribution >= 0.6 is 0 Å². The number of amides is 1. The zero-order valence-electron chi connectivity index (χ0n) is 13.9. The van der Waals surface area contributed by atoms with E-state index in [0.29, 0.717) is 17.3 Å². The first-order valence-corrected chi connectivity index (χ1v) is 8.98. The van der Waals surface area contributed by atoms with E-state index in [1.54, 1.807) is 10.7 Å². The average Bonchev–Trinajstić information content (AvgIpc) is 2.64. The number of rotatable bonds is 2. The van der Waals surface area contributed by atoms with Crippen LogP contribution in [-0.4, -0.2) is 33.2 Å². The minimum atomic E-state index is -0.0976. The lowest BCUT2D eigenvalue weighted by Gasteiger charge is -2.44. The number of benzene rings is 1. The topological polar surface area (TPSA) is 55.2 Å². The van der Waals surface area contributed by atoms with Gasteiger partial charge in [-0.05, 0) is 43.7 Å². The zero-order chi connectivity index (χ0) is 16.5. The number of carbonyl (C=O) groups is 1. The minimum absolute atomic E-state index is 0.0976. The van der Waals surface area contributed by atoms with Gasteiger partial charge in [-0.15, -0.1) is 0 Å². The Balaban J connectivity index is 1.60. The SMILES string of the molecule is O=C(Cn1ncc(=O)c2ccccc21)N1CCC[C@H]2CCCC[C@@H]21. The van der Waals surface area contributed by atoms with E-state index in [0.717, 1.165) is 24.9 Å². The predicted molar refractivity (Wildman–Crippen MR) is 92.7 cm³/mol. The molecule has 0 unspecified atom stereocenters. The molecule has 1 saturated heterocycles. The van der Waals surface area contributed by atoms with Gasteiger partial charge in [-0.3, -0.25) is 14.3 Å². The van der Waals surface area contributed by atoms with Crippen molar-refractivity contribution in [3.63, 3.8) is 0 Å². The summed E-state index contributed by atoms with van der Waals surface area (Å²) in [7, 11) is 0. The maximum atomic E-state index is 12.9. The molecule has 2 heterocycles. The molecule has 24 heavy (non-hydrogen) atoms. The van der Waals surface area contributed by atoms with Gasteiger partial charge in [0.25, 0.3) is 0 Å². The number of fused-ring (bicyclic) bond motifs is 2. The first-order valence-electron chi connectivity index (χ1n) is 8.98. The second kappa shape index (κ2) is 6.38. The smallest absolute Gasteiger partial charge is 0.244 e. The summed E-state index contributed by atoms with van der Waals surface area (Å²) in [5, 5.41) is 4.82. The third-order valence-electron chi connectivity index (χ3n) is 5.61. The van der Waals surface area contributed by atoms with Crippen LogP contribution in [0.4, 0.5) is 0 Å². The second-order valence-corrected chi connectivity index (χ2v) is 7.02. The Hall–Kier alpha value is -2.17. The molecule has 0 spiro atoms. The first kappa shape index (κ1) is 15.4. The van der Waals surface area contributed by atoms with E-state index in [1.165, 1.54) is 31.9 Å². The monoisotopic (exact) mass is 325 g/mol. The lowest BCUT2D eigenvalue weighted by molar-refractivity contribution is -0.138. The molecule has 2 fully saturated rings. The third-order valence-corrected chi connectivity index (χ3v) is 5.61. The van der Waals surface area contributed by atoms with E-state index in [9.17, 15) is 9.59 Å². The normalized spacial score (nSPS) is 23.9. The van der Waals surface area contributed by atoms with Crippen molar-refractivity contribution in [2.24, 2.45) is 5.92 Å². The van der Waals surface area contributed by atoms with Gasteiger partial charge in [-0.1, -0.05) is 25.0 Å². The predicted octanol–water partition coefficient (Wildman–Crippen LogP) is 2.58. The van der Waals surface area contributed by atoms with Crippen molar-refractivity contribution in [1.29, 1.82) is 0 Å². The minimum Gasteiger partial charge on any atom is -0.338 e. The summed E-state index contributed by atoms with van der Waals surface area (Å²) in [5.41, 5.74) is 0.634. The van der Waals surface area contributed by atoms with Crippen molar-refractivity contribution >= 4 is 16.8 Å². The van der Waals surface area contributed by atoms with Crippen LogP contribution in [0.3, 0.4) is 0 Å². The Morgan fingerprint density at radius 1 is 1.12 bits per heavy atom. The molecule has 1 saturated carbocycles.